The first-order chi connectivity index (χ1) is 18.0. The van der Waals surface area contributed by atoms with Crippen LogP contribution in [0, 0.1) is 5.92 Å². The number of hydrogen-bond acceptors (Lipinski definition) is 7. The minimum Gasteiger partial charge on any atom is -0.465 e. The van der Waals surface area contributed by atoms with E-state index in [0.29, 0.717) is 38.6 Å². The van der Waals surface area contributed by atoms with E-state index >= 15 is 0 Å². The number of carbonyl (C=O) groups is 6. The second kappa shape index (κ2) is 11.2. The molecule has 0 spiro atoms. The summed E-state index contributed by atoms with van der Waals surface area (Å²) in [6.45, 7) is 5.72. The molecular weight excluding hydrogens is 498 g/mol. The smallest absolute Gasteiger partial charge is 0.405 e. The van der Waals surface area contributed by atoms with Crippen LogP contribution in [-0.2, 0) is 28.7 Å². The number of hydrogen-bond donors (Lipinski definition) is 3. The SMILES string of the molecule is C[C@H]1C[C@H]2C(=O)O[C@@H](C)[C@H](NC(=O)O)C(=O)N3CCC[C@H]3C(=O)N3CCCC[C@H]3C(=O)N[C@@H](C)C(=O)N2C1. The summed E-state index contributed by atoms with van der Waals surface area (Å²) in [6, 6.07) is -4.96. The van der Waals surface area contributed by atoms with Crippen LogP contribution in [-0.4, -0.2) is 111 Å². The maximum Gasteiger partial charge on any atom is 0.405 e. The first-order valence-corrected chi connectivity index (χ1v) is 13.4. The van der Waals surface area contributed by atoms with Crippen LogP contribution in [0.25, 0.3) is 0 Å². The number of amides is 5. The molecule has 0 bridgehead atoms. The molecule has 13 heteroatoms. The van der Waals surface area contributed by atoms with Gasteiger partial charge in [-0.05, 0) is 58.3 Å². The Kier molecular flexibility index (Phi) is 8.12. The number of nitrogens with one attached hydrogen (secondary N) is 2. The van der Waals surface area contributed by atoms with E-state index in [1.54, 1.807) is 6.92 Å². The fourth-order valence-electron chi connectivity index (χ4n) is 6.10. The third-order valence-electron chi connectivity index (χ3n) is 8.02. The molecule has 4 heterocycles. The van der Waals surface area contributed by atoms with Crippen molar-refractivity contribution in [1.29, 1.82) is 0 Å². The lowest BCUT2D eigenvalue weighted by Gasteiger charge is -2.39. The van der Waals surface area contributed by atoms with Crippen LogP contribution in [0.1, 0.15) is 59.3 Å². The fraction of sp³-hybridized carbons (Fsp3) is 0.760. The highest BCUT2D eigenvalue weighted by Crippen LogP contribution is 2.28. The van der Waals surface area contributed by atoms with Gasteiger partial charge in [0, 0.05) is 19.6 Å². The quantitative estimate of drug-likeness (QED) is 0.384. The van der Waals surface area contributed by atoms with E-state index in [9.17, 15) is 33.9 Å². The van der Waals surface area contributed by atoms with Gasteiger partial charge < -0.3 is 35.2 Å². The van der Waals surface area contributed by atoms with E-state index in [4.69, 9.17) is 4.74 Å². The molecule has 7 atom stereocenters. The summed E-state index contributed by atoms with van der Waals surface area (Å²) in [5, 5.41) is 14.3. The maximum atomic E-state index is 13.7. The van der Waals surface area contributed by atoms with Gasteiger partial charge in [-0.15, -0.1) is 0 Å². The summed E-state index contributed by atoms with van der Waals surface area (Å²) in [5.74, 6) is -2.71. The monoisotopic (exact) mass is 535 g/mol. The summed E-state index contributed by atoms with van der Waals surface area (Å²) < 4.78 is 5.57. The molecule has 0 aromatic rings. The largest absolute Gasteiger partial charge is 0.465 e. The maximum absolute atomic E-state index is 13.7. The second-order valence-corrected chi connectivity index (χ2v) is 10.9. The molecule has 210 valence electrons. The van der Waals surface area contributed by atoms with Crippen molar-refractivity contribution in [3.63, 3.8) is 0 Å². The molecule has 4 aliphatic heterocycles. The molecule has 0 unspecified atom stereocenters. The van der Waals surface area contributed by atoms with Crippen LogP contribution < -0.4 is 10.6 Å². The summed E-state index contributed by atoms with van der Waals surface area (Å²) in [7, 11) is 0. The van der Waals surface area contributed by atoms with Crippen molar-refractivity contribution in [2.75, 3.05) is 19.6 Å². The molecule has 0 saturated carbocycles. The topological polar surface area (TPSA) is 166 Å². The molecule has 0 radical (unpaired) electrons. The van der Waals surface area contributed by atoms with Gasteiger partial charge in [-0.1, -0.05) is 6.92 Å². The zero-order valence-electron chi connectivity index (χ0n) is 22.1. The van der Waals surface area contributed by atoms with Gasteiger partial charge in [0.1, 0.15) is 36.3 Å². The van der Waals surface area contributed by atoms with Gasteiger partial charge in [0.2, 0.25) is 23.6 Å². The number of cyclic esters (lactones) is 1. The van der Waals surface area contributed by atoms with Crippen LogP contribution >= 0.6 is 0 Å². The van der Waals surface area contributed by atoms with Crippen molar-refractivity contribution < 1.29 is 38.6 Å². The number of ether oxygens (including phenoxy) is 1. The fourth-order valence-corrected chi connectivity index (χ4v) is 6.10. The van der Waals surface area contributed by atoms with E-state index in [-0.39, 0.29) is 24.9 Å². The van der Waals surface area contributed by atoms with Gasteiger partial charge in [-0.25, -0.2) is 9.59 Å². The number of nitrogens with zero attached hydrogens (tertiary/aromatic N) is 3. The van der Waals surface area contributed by atoms with E-state index in [1.165, 1.54) is 21.6 Å². The Hall–Kier alpha value is -3.38. The Balaban J connectivity index is 1.72. The van der Waals surface area contributed by atoms with Crippen LogP contribution in [0.4, 0.5) is 4.79 Å². The summed E-state index contributed by atoms with van der Waals surface area (Å²) in [4.78, 5) is 82.9. The minimum atomic E-state index is -1.48. The van der Waals surface area contributed by atoms with E-state index in [0.717, 1.165) is 6.42 Å². The molecule has 13 nitrogen and oxygen atoms in total. The highest BCUT2D eigenvalue weighted by Gasteiger charge is 2.47. The van der Waals surface area contributed by atoms with Crippen molar-refractivity contribution in [1.82, 2.24) is 25.3 Å². The van der Waals surface area contributed by atoms with Crippen LogP contribution in [0.2, 0.25) is 0 Å². The van der Waals surface area contributed by atoms with Crippen molar-refractivity contribution >= 4 is 35.7 Å². The average Bonchev–Trinajstić information content (AvgIpc) is 3.52. The van der Waals surface area contributed by atoms with Crippen molar-refractivity contribution in [3.8, 4) is 0 Å². The Morgan fingerprint density at radius 1 is 0.868 bits per heavy atom. The van der Waals surface area contributed by atoms with Crippen LogP contribution in [0.15, 0.2) is 0 Å². The number of carboxylic acid groups (broad SMARTS) is 1. The van der Waals surface area contributed by atoms with Gasteiger partial charge in [0.25, 0.3) is 0 Å². The molecule has 4 saturated heterocycles. The average molecular weight is 536 g/mol. The highest BCUT2D eigenvalue weighted by atomic mass is 16.5. The van der Waals surface area contributed by atoms with E-state index in [1.807, 2.05) is 6.92 Å². The summed E-state index contributed by atoms with van der Waals surface area (Å²) >= 11 is 0. The lowest BCUT2D eigenvalue weighted by atomic mass is 9.99. The molecule has 3 N–H and O–H groups in total. The zero-order valence-corrected chi connectivity index (χ0v) is 22.1. The Labute approximate surface area is 221 Å². The Bertz CT molecular complexity index is 1000. The standard InChI is InChI=1S/C25H37N5O8/c1-13-11-18-24(35)38-15(3)19(27-25(36)37)23(34)29-10-6-8-17(29)22(33)28-9-5-4-7-16(28)20(31)26-14(2)21(32)30(18)12-13/h13-19,27H,4-12H2,1-3H3,(H,26,31)(H,36,37)/t13-,14-,15-,16-,17-,18-,19-/m0/s1. The summed E-state index contributed by atoms with van der Waals surface area (Å²) in [5.41, 5.74) is 0. The van der Waals surface area contributed by atoms with E-state index < -0.39 is 66.1 Å². The van der Waals surface area contributed by atoms with Crippen molar-refractivity contribution in [2.24, 2.45) is 5.92 Å². The first kappa shape index (κ1) is 27.6. The van der Waals surface area contributed by atoms with Gasteiger partial charge in [-0.3, -0.25) is 19.2 Å². The third-order valence-corrected chi connectivity index (χ3v) is 8.02. The molecule has 4 rings (SSSR count). The number of fused-ring (bicyclic) bond motifs is 3. The molecule has 0 aromatic carbocycles. The zero-order chi connectivity index (χ0) is 27.7. The van der Waals surface area contributed by atoms with Crippen LogP contribution in [0.3, 0.4) is 0 Å². The lowest BCUT2D eigenvalue weighted by molar-refractivity contribution is -0.162. The highest BCUT2D eigenvalue weighted by molar-refractivity contribution is 5.96. The third kappa shape index (κ3) is 5.41. The molecular formula is C25H37N5O8. The first-order valence-electron chi connectivity index (χ1n) is 13.4. The number of esters is 1. The molecule has 5 amide bonds. The molecule has 4 aliphatic rings. The van der Waals surface area contributed by atoms with Crippen molar-refractivity contribution in [2.45, 2.75) is 95.6 Å². The van der Waals surface area contributed by atoms with Gasteiger partial charge in [0.15, 0.2) is 0 Å². The molecule has 0 aromatic heterocycles. The predicted molar refractivity (Wildman–Crippen MR) is 131 cm³/mol. The molecule has 0 aliphatic carbocycles. The predicted octanol–water partition coefficient (Wildman–Crippen LogP) is -0.318. The Morgan fingerprint density at radius 3 is 2.24 bits per heavy atom. The number of rotatable bonds is 1. The van der Waals surface area contributed by atoms with Gasteiger partial charge in [-0.2, -0.15) is 0 Å². The lowest BCUT2D eigenvalue weighted by Crippen LogP contribution is -2.62. The van der Waals surface area contributed by atoms with E-state index in [2.05, 4.69) is 10.6 Å². The molecule has 4 fully saturated rings. The van der Waals surface area contributed by atoms with Gasteiger partial charge >= 0.3 is 12.1 Å². The summed E-state index contributed by atoms with van der Waals surface area (Å²) in [6.07, 6.45) is 0.426. The number of piperidine rings is 1. The number of carbonyl (C=O) groups excluding carboxylic acids is 5. The normalized spacial score (nSPS) is 35.3. The Morgan fingerprint density at radius 2 is 1.53 bits per heavy atom. The van der Waals surface area contributed by atoms with Crippen LogP contribution in [0.5, 0.6) is 0 Å². The van der Waals surface area contributed by atoms with Gasteiger partial charge in [0.05, 0.1) is 0 Å². The minimum absolute atomic E-state index is 0.0109. The van der Waals surface area contributed by atoms with Crippen molar-refractivity contribution in [3.05, 3.63) is 0 Å². The second-order valence-electron chi connectivity index (χ2n) is 10.9. The molecule has 38 heavy (non-hydrogen) atoms.